The molecule has 0 aliphatic rings. The molecule has 1 heterocycles. The smallest absolute Gasteiger partial charge is 0.0960 e. The highest BCUT2D eigenvalue weighted by molar-refractivity contribution is 9.10. The number of nitrogens with zero attached hydrogens (tertiary/aromatic N) is 1. The van der Waals surface area contributed by atoms with Gasteiger partial charge in [0.05, 0.1) is 10.7 Å². The minimum atomic E-state index is 0.557. The molecule has 0 aliphatic heterocycles. The maximum absolute atomic E-state index is 4.70. The molecule has 0 N–H and O–H groups in total. The molecule has 3 heteroatoms. The number of benzene rings is 1. The topological polar surface area (TPSA) is 12.9 Å². The van der Waals surface area contributed by atoms with Crippen LogP contribution in [0.2, 0.25) is 0 Å². The molecule has 0 saturated heterocycles. The van der Waals surface area contributed by atoms with E-state index in [-0.39, 0.29) is 0 Å². The maximum atomic E-state index is 4.70. The average Bonchev–Trinajstić information content (AvgIpc) is 2.78. The lowest BCUT2D eigenvalue weighted by atomic mass is 10.1. The molecule has 16 heavy (non-hydrogen) atoms. The molecule has 1 aromatic carbocycles. The van der Waals surface area contributed by atoms with Gasteiger partial charge in [-0.2, -0.15) is 0 Å². The SMILES string of the molecule is CCC(C)c1nc(-c2ccccc2Br)cs1. The summed E-state index contributed by atoms with van der Waals surface area (Å²) in [6.07, 6.45) is 1.14. The van der Waals surface area contributed by atoms with E-state index in [0.717, 1.165) is 16.6 Å². The molecular formula is C13H14BrNS. The number of aromatic nitrogens is 1. The van der Waals surface area contributed by atoms with Crippen LogP contribution in [0.3, 0.4) is 0 Å². The summed E-state index contributed by atoms with van der Waals surface area (Å²) in [5, 5.41) is 3.37. The van der Waals surface area contributed by atoms with Crippen molar-refractivity contribution in [3.05, 3.63) is 39.1 Å². The molecule has 2 rings (SSSR count). The first-order valence-electron chi connectivity index (χ1n) is 5.42. The Morgan fingerprint density at radius 1 is 1.38 bits per heavy atom. The first-order valence-corrected chi connectivity index (χ1v) is 7.10. The van der Waals surface area contributed by atoms with Crippen molar-refractivity contribution < 1.29 is 0 Å². The number of hydrogen-bond acceptors (Lipinski definition) is 2. The van der Waals surface area contributed by atoms with E-state index in [4.69, 9.17) is 4.98 Å². The van der Waals surface area contributed by atoms with Gasteiger partial charge >= 0.3 is 0 Å². The summed E-state index contributed by atoms with van der Waals surface area (Å²) in [5.41, 5.74) is 2.25. The summed E-state index contributed by atoms with van der Waals surface area (Å²) in [5.74, 6) is 0.557. The molecule has 0 aliphatic carbocycles. The van der Waals surface area contributed by atoms with Crippen LogP contribution in [0.15, 0.2) is 34.1 Å². The summed E-state index contributed by atoms with van der Waals surface area (Å²) in [7, 11) is 0. The summed E-state index contributed by atoms with van der Waals surface area (Å²) < 4.78 is 1.11. The van der Waals surface area contributed by atoms with Crippen LogP contribution in [0, 0.1) is 0 Å². The lowest BCUT2D eigenvalue weighted by molar-refractivity contribution is 0.727. The van der Waals surface area contributed by atoms with Gasteiger partial charge in [0, 0.05) is 21.3 Å². The van der Waals surface area contributed by atoms with Crippen molar-refractivity contribution in [1.29, 1.82) is 0 Å². The minimum Gasteiger partial charge on any atom is -0.241 e. The van der Waals surface area contributed by atoms with Gasteiger partial charge in [0.25, 0.3) is 0 Å². The Morgan fingerprint density at radius 2 is 2.12 bits per heavy atom. The van der Waals surface area contributed by atoms with Gasteiger partial charge in [-0.15, -0.1) is 11.3 Å². The summed E-state index contributed by atoms with van der Waals surface area (Å²) in [6.45, 7) is 4.42. The van der Waals surface area contributed by atoms with Crippen molar-refractivity contribution in [3.8, 4) is 11.3 Å². The first-order chi connectivity index (χ1) is 7.72. The number of rotatable bonds is 3. The van der Waals surface area contributed by atoms with Crippen molar-refractivity contribution in [3.63, 3.8) is 0 Å². The lowest BCUT2D eigenvalue weighted by Gasteiger charge is -2.03. The predicted octanol–water partition coefficient (Wildman–Crippen LogP) is 5.09. The van der Waals surface area contributed by atoms with Gasteiger partial charge in [0.15, 0.2) is 0 Å². The Labute approximate surface area is 109 Å². The zero-order valence-corrected chi connectivity index (χ0v) is 11.8. The van der Waals surface area contributed by atoms with E-state index in [9.17, 15) is 0 Å². The van der Waals surface area contributed by atoms with Gasteiger partial charge in [-0.3, -0.25) is 0 Å². The van der Waals surface area contributed by atoms with Gasteiger partial charge in [0.1, 0.15) is 0 Å². The van der Waals surface area contributed by atoms with Crippen LogP contribution in [0.1, 0.15) is 31.2 Å². The minimum absolute atomic E-state index is 0.557. The van der Waals surface area contributed by atoms with Crippen LogP contribution < -0.4 is 0 Å². The summed E-state index contributed by atoms with van der Waals surface area (Å²) in [4.78, 5) is 4.70. The van der Waals surface area contributed by atoms with E-state index in [1.165, 1.54) is 10.6 Å². The largest absolute Gasteiger partial charge is 0.241 e. The van der Waals surface area contributed by atoms with Crippen molar-refractivity contribution in [2.75, 3.05) is 0 Å². The molecule has 2 aromatic rings. The molecule has 1 atom stereocenters. The highest BCUT2D eigenvalue weighted by Crippen LogP contribution is 2.31. The monoisotopic (exact) mass is 295 g/mol. The lowest BCUT2D eigenvalue weighted by Crippen LogP contribution is -1.89. The molecule has 0 spiro atoms. The highest BCUT2D eigenvalue weighted by atomic mass is 79.9. The molecule has 0 fully saturated rings. The maximum Gasteiger partial charge on any atom is 0.0960 e. The van der Waals surface area contributed by atoms with Crippen LogP contribution in [-0.2, 0) is 0 Å². The van der Waals surface area contributed by atoms with Crippen molar-refractivity contribution >= 4 is 27.3 Å². The van der Waals surface area contributed by atoms with Gasteiger partial charge in [-0.1, -0.05) is 48.0 Å². The van der Waals surface area contributed by atoms with E-state index in [0.29, 0.717) is 5.92 Å². The molecule has 1 aromatic heterocycles. The second kappa shape index (κ2) is 5.11. The number of halogens is 1. The molecule has 0 radical (unpaired) electrons. The third-order valence-corrected chi connectivity index (χ3v) is 4.47. The van der Waals surface area contributed by atoms with E-state index < -0.39 is 0 Å². The standard InChI is InChI=1S/C13H14BrNS/c1-3-9(2)13-15-12(8-16-13)10-6-4-5-7-11(10)14/h4-9H,3H2,1-2H3. The molecular weight excluding hydrogens is 282 g/mol. The normalized spacial score (nSPS) is 12.7. The predicted molar refractivity (Wildman–Crippen MR) is 74.0 cm³/mol. The van der Waals surface area contributed by atoms with E-state index in [2.05, 4.69) is 47.3 Å². The van der Waals surface area contributed by atoms with Gasteiger partial charge in [-0.25, -0.2) is 4.98 Å². The molecule has 0 amide bonds. The van der Waals surface area contributed by atoms with Crippen LogP contribution >= 0.6 is 27.3 Å². The fraction of sp³-hybridized carbons (Fsp3) is 0.308. The zero-order chi connectivity index (χ0) is 11.5. The number of thiazole rings is 1. The molecule has 0 saturated carbocycles. The Balaban J connectivity index is 2.35. The van der Waals surface area contributed by atoms with Crippen molar-refractivity contribution in [2.24, 2.45) is 0 Å². The van der Waals surface area contributed by atoms with Crippen LogP contribution in [0.4, 0.5) is 0 Å². The second-order valence-corrected chi connectivity index (χ2v) is 5.60. The van der Waals surface area contributed by atoms with Gasteiger partial charge in [-0.05, 0) is 12.5 Å². The Morgan fingerprint density at radius 3 is 2.81 bits per heavy atom. The van der Waals surface area contributed by atoms with Crippen LogP contribution in [0.25, 0.3) is 11.3 Å². The molecule has 0 bridgehead atoms. The summed E-state index contributed by atoms with van der Waals surface area (Å²) >= 11 is 5.31. The quantitative estimate of drug-likeness (QED) is 0.769. The molecule has 84 valence electrons. The van der Waals surface area contributed by atoms with Crippen LogP contribution in [-0.4, -0.2) is 4.98 Å². The Hall–Kier alpha value is -0.670. The Kier molecular flexibility index (Phi) is 3.77. The van der Waals surface area contributed by atoms with Crippen LogP contribution in [0.5, 0.6) is 0 Å². The Bertz CT molecular complexity index is 478. The average molecular weight is 296 g/mol. The third-order valence-electron chi connectivity index (χ3n) is 2.71. The first kappa shape index (κ1) is 11.8. The van der Waals surface area contributed by atoms with E-state index >= 15 is 0 Å². The van der Waals surface area contributed by atoms with Gasteiger partial charge < -0.3 is 0 Å². The molecule has 1 unspecified atom stereocenters. The third kappa shape index (κ3) is 2.36. The highest BCUT2D eigenvalue weighted by Gasteiger charge is 2.10. The van der Waals surface area contributed by atoms with Crippen molar-refractivity contribution in [2.45, 2.75) is 26.2 Å². The number of hydrogen-bond donors (Lipinski definition) is 0. The molecule has 1 nitrogen and oxygen atoms in total. The second-order valence-electron chi connectivity index (χ2n) is 3.86. The van der Waals surface area contributed by atoms with Crippen molar-refractivity contribution in [1.82, 2.24) is 4.98 Å². The zero-order valence-electron chi connectivity index (χ0n) is 9.40. The fourth-order valence-corrected chi connectivity index (χ4v) is 2.93. The van der Waals surface area contributed by atoms with Gasteiger partial charge in [0.2, 0.25) is 0 Å². The van der Waals surface area contributed by atoms with E-state index in [1.807, 2.05) is 12.1 Å². The summed E-state index contributed by atoms with van der Waals surface area (Å²) in [6, 6.07) is 8.22. The van der Waals surface area contributed by atoms with E-state index in [1.54, 1.807) is 11.3 Å². The fourth-order valence-electron chi connectivity index (χ4n) is 1.48.